The molecule has 0 bridgehead atoms. The van der Waals surface area contributed by atoms with Crippen molar-refractivity contribution in [3.63, 3.8) is 0 Å². The minimum absolute atomic E-state index is 0.0217. The van der Waals surface area contributed by atoms with E-state index in [2.05, 4.69) is 24.1 Å². The lowest BCUT2D eigenvalue weighted by molar-refractivity contribution is -0.116. The van der Waals surface area contributed by atoms with Crippen LogP contribution in [-0.2, 0) is 4.79 Å². The zero-order valence-corrected chi connectivity index (χ0v) is 13.0. The Hall–Kier alpha value is -1.26. The van der Waals surface area contributed by atoms with Gasteiger partial charge in [-0.05, 0) is 50.7 Å². The molecule has 0 saturated carbocycles. The molecular formula is C15H24ClN3O. The number of benzene rings is 1. The summed E-state index contributed by atoms with van der Waals surface area (Å²) in [5.41, 5.74) is 6.91. The van der Waals surface area contributed by atoms with Gasteiger partial charge in [-0.15, -0.1) is 0 Å². The van der Waals surface area contributed by atoms with Crippen LogP contribution in [0.1, 0.15) is 33.1 Å². The van der Waals surface area contributed by atoms with Crippen LogP contribution in [-0.4, -0.2) is 30.4 Å². The van der Waals surface area contributed by atoms with E-state index in [1.165, 1.54) is 0 Å². The van der Waals surface area contributed by atoms with E-state index < -0.39 is 0 Å². The lowest BCUT2D eigenvalue weighted by Crippen LogP contribution is -2.26. The molecule has 0 fully saturated rings. The minimum atomic E-state index is -0.0217. The summed E-state index contributed by atoms with van der Waals surface area (Å²) in [5, 5.41) is 3.37. The van der Waals surface area contributed by atoms with Crippen LogP contribution in [0.15, 0.2) is 18.2 Å². The second kappa shape index (κ2) is 8.82. The molecule has 0 aliphatic rings. The number of nitrogens with zero attached hydrogens (tertiary/aromatic N) is 1. The Labute approximate surface area is 126 Å². The highest BCUT2D eigenvalue weighted by molar-refractivity contribution is 6.31. The van der Waals surface area contributed by atoms with Crippen LogP contribution >= 0.6 is 11.6 Å². The van der Waals surface area contributed by atoms with E-state index >= 15 is 0 Å². The largest absolute Gasteiger partial charge is 0.397 e. The molecule has 1 amide bonds. The Bertz CT molecular complexity index is 437. The highest BCUT2D eigenvalue weighted by Crippen LogP contribution is 2.23. The number of hydrogen-bond acceptors (Lipinski definition) is 3. The van der Waals surface area contributed by atoms with E-state index in [0.717, 1.165) is 32.5 Å². The van der Waals surface area contributed by atoms with E-state index in [9.17, 15) is 4.79 Å². The normalized spacial score (nSPS) is 10.8. The molecule has 0 atom stereocenters. The van der Waals surface area contributed by atoms with Crippen molar-refractivity contribution in [3.05, 3.63) is 23.2 Å². The Kier molecular flexibility index (Phi) is 7.41. The maximum atomic E-state index is 11.9. The lowest BCUT2D eigenvalue weighted by atomic mass is 10.2. The lowest BCUT2D eigenvalue weighted by Gasteiger charge is -2.19. The van der Waals surface area contributed by atoms with Gasteiger partial charge in [-0.3, -0.25) is 4.79 Å². The van der Waals surface area contributed by atoms with Gasteiger partial charge in [0.25, 0.3) is 0 Å². The third kappa shape index (κ3) is 5.80. The van der Waals surface area contributed by atoms with Crippen LogP contribution in [0.2, 0.25) is 5.02 Å². The first-order valence-corrected chi connectivity index (χ1v) is 7.51. The fourth-order valence-corrected chi connectivity index (χ4v) is 2.23. The Morgan fingerprint density at radius 3 is 2.75 bits per heavy atom. The molecule has 4 nitrogen and oxygen atoms in total. The smallest absolute Gasteiger partial charge is 0.224 e. The molecule has 0 aliphatic heterocycles. The third-order valence-electron chi connectivity index (χ3n) is 3.15. The van der Waals surface area contributed by atoms with Gasteiger partial charge in [0, 0.05) is 11.4 Å². The second-order valence-electron chi connectivity index (χ2n) is 4.82. The summed E-state index contributed by atoms with van der Waals surface area (Å²) in [5.74, 6) is -0.0217. The number of rotatable bonds is 8. The van der Waals surface area contributed by atoms with Gasteiger partial charge in [-0.25, -0.2) is 0 Å². The summed E-state index contributed by atoms with van der Waals surface area (Å²) in [7, 11) is 0. The Morgan fingerprint density at radius 1 is 1.35 bits per heavy atom. The third-order valence-corrected chi connectivity index (χ3v) is 3.39. The number of hydrogen-bond donors (Lipinski definition) is 2. The zero-order valence-electron chi connectivity index (χ0n) is 12.3. The predicted octanol–water partition coefficient (Wildman–Crippen LogP) is 3.37. The first-order chi connectivity index (χ1) is 9.56. The number of carbonyl (C=O) groups is 1. The summed E-state index contributed by atoms with van der Waals surface area (Å²) in [4.78, 5) is 14.2. The Morgan fingerprint density at radius 2 is 2.10 bits per heavy atom. The number of amides is 1. The molecule has 112 valence electrons. The fourth-order valence-electron chi connectivity index (χ4n) is 2.06. The predicted molar refractivity (Wildman–Crippen MR) is 86.1 cm³/mol. The van der Waals surface area contributed by atoms with E-state index in [-0.39, 0.29) is 5.91 Å². The van der Waals surface area contributed by atoms with Crippen LogP contribution in [0.3, 0.4) is 0 Å². The van der Waals surface area contributed by atoms with Gasteiger partial charge in [0.15, 0.2) is 0 Å². The number of carbonyl (C=O) groups excluding carboxylic acids is 1. The Balaban J connectivity index is 2.38. The topological polar surface area (TPSA) is 58.4 Å². The van der Waals surface area contributed by atoms with Crippen molar-refractivity contribution < 1.29 is 4.79 Å². The minimum Gasteiger partial charge on any atom is -0.397 e. The van der Waals surface area contributed by atoms with Crippen LogP contribution in [0.4, 0.5) is 11.4 Å². The molecule has 1 aromatic carbocycles. The molecule has 1 rings (SSSR count). The van der Waals surface area contributed by atoms with Crippen LogP contribution < -0.4 is 11.1 Å². The molecule has 1 aromatic rings. The molecular weight excluding hydrogens is 274 g/mol. The first-order valence-electron chi connectivity index (χ1n) is 7.14. The average molecular weight is 298 g/mol. The first kappa shape index (κ1) is 16.8. The van der Waals surface area contributed by atoms with Gasteiger partial charge in [0.05, 0.1) is 11.4 Å². The van der Waals surface area contributed by atoms with Crippen molar-refractivity contribution in [2.75, 3.05) is 30.7 Å². The van der Waals surface area contributed by atoms with Crippen molar-refractivity contribution in [1.29, 1.82) is 0 Å². The molecule has 20 heavy (non-hydrogen) atoms. The molecule has 0 aromatic heterocycles. The molecule has 3 N–H and O–H groups in total. The fraction of sp³-hybridized carbons (Fsp3) is 0.533. The van der Waals surface area contributed by atoms with E-state index in [1.807, 2.05) is 0 Å². The summed E-state index contributed by atoms with van der Waals surface area (Å²) in [6.07, 6.45) is 2.48. The van der Waals surface area contributed by atoms with Crippen LogP contribution in [0.5, 0.6) is 0 Å². The van der Waals surface area contributed by atoms with E-state index in [0.29, 0.717) is 22.8 Å². The van der Waals surface area contributed by atoms with Gasteiger partial charge in [-0.2, -0.15) is 0 Å². The molecule has 0 unspecified atom stereocenters. The zero-order chi connectivity index (χ0) is 15.0. The molecule has 0 radical (unpaired) electrons. The average Bonchev–Trinajstić information content (AvgIpc) is 2.42. The molecule has 0 saturated heterocycles. The molecule has 0 heterocycles. The van der Waals surface area contributed by atoms with Gasteiger partial charge in [0.1, 0.15) is 0 Å². The molecule has 0 spiro atoms. The molecule has 0 aliphatic carbocycles. The van der Waals surface area contributed by atoms with Crippen molar-refractivity contribution >= 4 is 28.9 Å². The van der Waals surface area contributed by atoms with Gasteiger partial charge < -0.3 is 16.0 Å². The number of halogens is 1. The van der Waals surface area contributed by atoms with E-state index in [4.69, 9.17) is 17.3 Å². The molecule has 5 heteroatoms. The summed E-state index contributed by atoms with van der Waals surface area (Å²) < 4.78 is 0. The quantitative estimate of drug-likeness (QED) is 0.723. The number of nitrogens with two attached hydrogens (primary N) is 1. The van der Waals surface area contributed by atoms with Gasteiger partial charge in [-0.1, -0.05) is 25.4 Å². The van der Waals surface area contributed by atoms with Crippen LogP contribution in [0.25, 0.3) is 0 Å². The summed E-state index contributed by atoms with van der Waals surface area (Å²) in [6, 6.07) is 5.07. The van der Waals surface area contributed by atoms with Crippen molar-refractivity contribution in [1.82, 2.24) is 4.90 Å². The maximum absolute atomic E-state index is 11.9. The maximum Gasteiger partial charge on any atom is 0.224 e. The van der Waals surface area contributed by atoms with Crippen molar-refractivity contribution in [2.24, 2.45) is 0 Å². The summed E-state index contributed by atoms with van der Waals surface area (Å²) >= 11 is 5.89. The number of anilines is 2. The van der Waals surface area contributed by atoms with Crippen molar-refractivity contribution in [3.8, 4) is 0 Å². The van der Waals surface area contributed by atoms with Crippen LogP contribution in [0, 0.1) is 0 Å². The monoisotopic (exact) mass is 297 g/mol. The van der Waals surface area contributed by atoms with Gasteiger partial charge >= 0.3 is 0 Å². The highest BCUT2D eigenvalue weighted by Gasteiger charge is 2.07. The van der Waals surface area contributed by atoms with Gasteiger partial charge in [0.2, 0.25) is 5.91 Å². The van der Waals surface area contributed by atoms with E-state index in [1.54, 1.807) is 18.2 Å². The highest BCUT2D eigenvalue weighted by atomic mass is 35.5. The SMILES string of the molecule is CCCN(CC)CCCC(=O)Nc1cc(Cl)ccc1N. The second-order valence-corrected chi connectivity index (χ2v) is 5.25. The summed E-state index contributed by atoms with van der Waals surface area (Å²) in [6.45, 7) is 7.36. The number of nitrogen functional groups attached to an aromatic ring is 1. The number of nitrogens with one attached hydrogen (secondary N) is 1. The standard InChI is InChI=1S/C15H24ClN3O/c1-3-9-19(4-2)10-5-6-15(20)18-14-11-12(16)7-8-13(14)17/h7-8,11H,3-6,9-10,17H2,1-2H3,(H,18,20). The van der Waals surface area contributed by atoms with Crippen molar-refractivity contribution in [2.45, 2.75) is 33.1 Å².